The molecule has 0 saturated carbocycles. The van der Waals surface area contributed by atoms with Crippen LogP contribution < -0.4 is 5.32 Å². The summed E-state index contributed by atoms with van der Waals surface area (Å²) in [4.78, 5) is 35.4. The summed E-state index contributed by atoms with van der Waals surface area (Å²) >= 11 is 0. The minimum Gasteiger partial charge on any atom is -0.481 e. The van der Waals surface area contributed by atoms with Crippen LogP contribution in [-0.2, 0) is 14.3 Å². The van der Waals surface area contributed by atoms with Crippen LogP contribution in [0, 0.1) is 5.92 Å². The lowest BCUT2D eigenvalue weighted by atomic mass is 9.97. The van der Waals surface area contributed by atoms with Gasteiger partial charge in [-0.1, -0.05) is 0 Å². The van der Waals surface area contributed by atoms with E-state index in [4.69, 9.17) is 5.11 Å². The number of ether oxygens (including phenoxy) is 1. The van der Waals surface area contributed by atoms with Crippen LogP contribution in [0.2, 0.25) is 0 Å². The van der Waals surface area contributed by atoms with Crippen molar-refractivity contribution in [2.75, 3.05) is 26.7 Å². The van der Waals surface area contributed by atoms with Gasteiger partial charge in [0.2, 0.25) is 0 Å². The first-order valence-corrected chi connectivity index (χ1v) is 6.80. The number of methoxy groups -OCH3 is 1. The molecule has 1 atom stereocenters. The van der Waals surface area contributed by atoms with Crippen LogP contribution >= 0.6 is 0 Å². The lowest BCUT2D eigenvalue weighted by Gasteiger charge is -2.31. The van der Waals surface area contributed by atoms with Crippen molar-refractivity contribution < 1.29 is 29.3 Å². The highest BCUT2D eigenvalue weighted by molar-refractivity contribution is 5.76. The van der Waals surface area contributed by atoms with Crippen LogP contribution in [-0.4, -0.2) is 65.4 Å². The maximum Gasteiger partial charge on any atom is 0.317 e. The molecule has 1 aliphatic rings. The molecule has 0 spiro atoms. The molecule has 21 heavy (non-hydrogen) atoms. The molecule has 2 amide bonds. The van der Waals surface area contributed by atoms with Gasteiger partial charge in [0.05, 0.1) is 25.0 Å². The first-order chi connectivity index (χ1) is 9.75. The van der Waals surface area contributed by atoms with Gasteiger partial charge in [0, 0.05) is 19.6 Å². The van der Waals surface area contributed by atoms with Gasteiger partial charge in [-0.2, -0.15) is 0 Å². The number of amides is 2. The van der Waals surface area contributed by atoms with Gasteiger partial charge in [-0.15, -0.1) is 0 Å². The SMILES string of the molecule is COC(=O)C1CCN(C(=O)NCC(C)(O)CC(=O)O)CC1. The minimum absolute atomic E-state index is 0.144. The standard InChI is InChI=1S/C13H22N2O6/c1-13(20,7-10(16)17)8-14-12(19)15-5-3-9(4-6-15)11(18)21-2/h9,20H,3-8H2,1-2H3,(H,14,19)(H,16,17). The molecule has 1 aliphatic heterocycles. The number of nitrogens with one attached hydrogen (secondary N) is 1. The molecular weight excluding hydrogens is 280 g/mol. The van der Waals surface area contributed by atoms with Crippen molar-refractivity contribution in [2.45, 2.75) is 31.8 Å². The number of carbonyl (C=O) groups is 3. The highest BCUT2D eigenvalue weighted by atomic mass is 16.5. The van der Waals surface area contributed by atoms with E-state index in [0.29, 0.717) is 25.9 Å². The Morgan fingerprint density at radius 2 is 1.90 bits per heavy atom. The van der Waals surface area contributed by atoms with E-state index in [-0.39, 0.29) is 24.5 Å². The van der Waals surface area contributed by atoms with Crippen molar-refractivity contribution in [3.63, 3.8) is 0 Å². The molecule has 3 N–H and O–H groups in total. The lowest BCUT2D eigenvalue weighted by molar-refractivity contribution is -0.146. The van der Waals surface area contributed by atoms with Crippen LogP contribution in [0.25, 0.3) is 0 Å². The van der Waals surface area contributed by atoms with Crippen LogP contribution in [0.15, 0.2) is 0 Å². The van der Waals surface area contributed by atoms with Gasteiger partial charge in [0.25, 0.3) is 0 Å². The number of rotatable bonds is 5. The first kappa shape index (κ1) is 17.2. The van der Waals surface area contributed by atoms with Crippen molar-refractivity contribution in [3.8, 4) is 0 Å². The fourth-order valence-corrected chi connectivity index (χ4v) is 2.25. The number of aliphatic hydroxyl groups is 1. The van der Waals surface area contributed by atoms with Gasteiger partial charge in [0.1, 0.15) is 0 Å². The minimum atomic E-state index is -1.49. The number of urea groups is 1. The first-order valence-electron chi connectivity index (χ1n) is 6.80. The second kappa shape index (κ2) is 7.26. The number of carbonyl (C=O) groups excluding carboxylic acids is 2. The summed E-state index contributed by atoms with van der Waals surface area (Å²) < 4.78 is 4.67. The van der Waals surface area contributed by atoms with E-state index in [1.165, 1.54) is 18.9 Å². The van der Waals surface area contributed by atoms with Crippen molar-refractivity contribution in [2.24, 2.45) is 5.92 Å². The monoisotopic (exact) mass is 302 g/mol. The summed E-state index contributed by atoms with van der Waals surface area (Å²) in [6, 6.07) is -0.371. The number of hydrogen-bond acceptors (Lipinski definition) is 5. The summed E-state index contributed by atoms with van der Waals surface area (Å²) in [5.74, 6) is -1.58. The average molecular weight is 302 g/mol. The molecule has 8 nitrogen and oxygen atoms in total. The molecule has 1 saturated heterocycles. The molecule has 1 rings (SSSR count). The number of esters is 1. The predicted molar refractivity (Wildman–Crippen MR) is 72.6 cm³/mol. The third kappa shape index (κ3) is 5.58. The van der Waals surface area contributed by atoms with Crippen LogP contribution in [0.5, 0.6) is 0 Å². The van der Waals surface area contributed by atoms with Crippen molar-refractivity contribution in [3.05, 3.63) is 0 Å². The average Bonchev–Trinajstić information content (AvgIpc) is 2.43. The second-order valence-electron chi connectivity index (χ2n) is 5.51. The zero-order valence-electron chi connectivity index (χ0n) is 12.3. The third-order valence-corrected chi connectivity index (χ3v) is 3.47. The summed E-state index contributed by atoms with van der Waals surface area (Å²) in [6.45, 7) is 2.05. The smallest absolute Gasteiger partial charge is 0.317 e. The Labute approximate surface area is 123 Å². The zero-order chi connectivity index (χ0) is 16.0. The van der Waals surface area contributed by atoms with Crippen LogP contribution in [0.3, 0.4) is 0 Å². The maximum atomic E-state index is 11.9. The number of likely N-dealkylation sites (tertiary alicyclic amines) is 1. The highest BCUT2D eigenvalue weighted by Crippen LogP contribution is 2.18. The summed E-state index contributed by atoms with van der Waals surface area (Å²) in [7, 11) is 1.34. The predicted octanol–water partition coefficient (Wildman–Crippen LogP) is -0.193. The molecule has 0 bridgehead atoms. The Morgan fingerprint density at radius 1 is 1.33 bits per heavy atom. The largest absolute Gasteiger partial charge is 0.481 e. The summed E-state index contributed by atoms with van der Waals surface area (Å²) in [5.41, 5.74) is -1.49. The molecule has 1 heterocycles. The normalized spacial score (nSPS) is 18.7. The van der Waals surface area contributed by atoms with Crippen LogP contribution in [0.1, 0.15) is 26.2 Å². The fraction of sp³-hybridized carbons (Fsp3) is 0.769. The van der Waals surface area contributed by atoms with Gasteiger partial charge >= 0.3 is 18.0 Å². The highest BCUT2D eigenvalue weighted by Gasteiger charge is 2.29. The lowest BCUT2D eigenvalue weighted by Crippen LogP contribution is -2.50. The molecule has 0 radical (unpaired) electrons. The Morgan fingerprint density at radius 3 is 2.38 bits per heavy atom. The van der Waals surface area contributed by atoms with Gasteiger partial charge < -0.3 is 25.2 Å². The molecule has 1 unspecified atom stereocenters. The van der Waals surface area contributed by atoms with E-state index in [1.54, 1.807) is 0 Å². The third-order valence-electron chi connectivity index (χ3n) is 3.47. The zero-order valence-corrected chi connectivity index (χ0v) is 12.3. The van der Waals surface area contributed by atoms with Crippen molar-refractivity contribution >= 4 is 18.0 Å². The van der Waals surface area contributed by atoms with Gasteiger partial charge in [0.15, 0.2) is 0 Å². The molecule has 0 aliphatic carbocycles. The quantitative estimate of drug-likeness (QED) is 0.606. The molecule has 120 valence electrons. The number of aliphatic carboxylic acids is 1. The number of carboxylic acids is 1. The molecule has 8 heteroatoms. The molecule has 0 aromatic heterocycles. The molecule has 0 aromatic carbocycles. The van der Waals surface area contributed by atoms with Gasteiger partial charge in [-0.25, -0.2) is 4.79 Å². The maximum absolute atomic E-state index is 11.9. The molecule has 1 fully saturated rings. The Kier molecular flexibility index (Phi) is 5.95. The van der Waals surface area contributed by atoms with Crippen molar-refractivity contribution in [1.29, 1.82) is 0 Å². The molecular formula is C13H22N2O6. The van der Waals surface area contributed by atoms with E-state index in [1.807, 2.05) is 0 Å². The number of carboxylic acid groups (broad SMARTS) is 1. The van der Waals surface area contributed by atoms with E-state index >= 15 is 0 Å². The summed E-state index contributed by atoms with van der Waals surface area (Å²) in [5, 5.41) is 21.0. The van der Waals surface area contributed by atoms with E-state index < -0.39 is 18.0 Å². The topological polar surface area (TPSA) is 116 Å². The Balaban J connectivity index is 2.37. The number of piperidine rings is 1. The van der Waals surface area contributed by atoms with Gasteiger partial charge in [-0.05, 0) is 19.8 Å². The van der Waals surface area contributed by atoms with Crippen LogP contribution in [0.4, 0.5) is 4.79 Å². The van der Waals surface area contributed by atoms with Crippen molar-refractivity contribution in [1.82, 2.24) is 10.2 Å². The summed E-state index contributed by atoms with van der Waals surface area (Å²) in [6.07, 6.45) is 0.620. The second-order valence-corrected chi connectivity index (χ2v) is 5.51. The molecule has 0 aromatic rings. The van der Waals surface area contributed by atoms with E-state index in [2.05, 4.69) is 10.1 Å². The van der Waals surface area contributed by atoms with E-state index in [9.17, 15) is 19.5 Å². The number of nitrogens with zero attached hydrogens (tertiary/aromatic N) is 1. The fourth-order valence-electron chi connectivity index (χ4n) is 2.25. The number of hydrogen-bond donors (Lipinski definition) is 3. The van der Waals surface area contributed by atoms with E-state index in [0.717, 1.165) is 0 Å². The Bertz CT molecular complexity index is 401. The van der Waals surface area contributed by atoms with Gasteiger partial charge in [-0.3, -0.25) is 9.59 Å². The Hall–Kier alpha value is -1.83.